The molecule has 7 heteroatoms. The van der Waals surface area contributed by atoms with Crippen LogP contribution in [0.3, 0.4) is 0 Å². The summed E-state index contributed by atoms with van der Waals surface area (Å²) in [5.41, 5.74) is 1.34. The van der Waals surface area contributed by atoms with Crippen LogP contribution in [0.1, 0.15) is 15.9 Å². The number of ether oxygens (including phenoxy) is 2. The molecule has 0 saturated heterocycles. The fourth-order valence-electron chi connectivity index (χ4n) is 1.89. The molecular formula is C16H17N3O3S. The van der Waals surface area contributed by atoms with Gasteiger partial charge in [0.25, 0.3) is 5.91 Å². The molecule has 120 valence electrons. The van der Waals surface area contributed by atoms with Crippen LogP contribution < -0.4 is 20.1 Å². The average molecular weight is 331 g/mol. The van der Waals surface area contributed by atoms with Gasteiger partial charge in [0, 0.05) is 25.0 Å². The van der Waals surface area contributed by atoms with E-state index >= 15 is 0 Å². The maximum Gasteiger partial charge on any atom is 0.261 e. The van der Waals surface area contributed by atoms with Gasteiger partial charge in [-0.25, -0.2) is 0 Å². The van der Waals surface area contributed by atoms with Gasteiger partial charge in [0.2, 0.25) is 0 Å². The van der Waals surface area contributed by atoms with E-state index in [0.717, 1.165) is 5.56 Å². The fraction of sp³-hybridized carbons (Fsp3) is 0.188. The molecule has 0 bridgehead atoms. The molecule has 2 rings (SSSR count). The summed E-state index contributed by atoms with van der Waals surface area (Å²) < 4.78 is 10.3. The summed E-state index contributed by atoms with van der Waals surface area (Å²) in [4.78, 5) is 16.3. The predicted octanol–water partition coefficient (Wildman–Crippen LogP) is 1.90. The van der Waals surface area contributed by atoms with Gasteiger partial charge in [-0.15, -0.1) is 0 Å². The van der Waals surface area contributed by atoms with E-state index in [0.29, 0.717) is 23.6 Å². The Morgan fingerprint density at radius 3 is 2.74 bits per heavy atom. The van der Waals surface area contributed by atoms with Crippen LogP contribution in [-0.2, 0) is 6.54 Å². The van der Waals surface area contributed by atoms with E-state index in [1.165, 1.54) is 7.11 Å². The number of methoxy groups -OCH3 is 2. The Balaban J connectivity index is 1.97. The summed E-state index contributed by atoms with van der Waals surface area (Å²) in [5, 5.41) is 5.81. The van der Waals surface area contributed by atoms with Crippen molar-refractivity contribution in [2.45, 2.75) is 6.54 Å². The van der Waals surface area contributed by atoms with Crippen LogP contribution in [0.5, 0.6) is 11.5 Å². The molecule has 23 heavy (non-hydrogen) atoms. The molecule has 2 aromatic rings. The van der Waals surface area contributed by atoms with Crippen LogP contribution in [0, 0.1) is 0 Å². The molecule has 0 radical (unpaired) electrons. The highest BCUT2D eigenvalue weighted by atomic mass is 32.1. The first-order chi connectivity index (χ1) is 11.1. The molecule has 0 spiro atoms. The van der Waals surface area contributed by atoms with E-state index < -0.39 is 0 Å². The minimum atomic E-state index is -0.354. The minimum absolute atomic E-state index is 0.233. The van der Waals surface area contributed by atoms with Gasteiger partial charge in [0.05, 0.1) is 19.8 Å². The molecule has 1 amide bonds. The summed E-state index contributed by atoms with van der Waals surface area (Å²) in [5.74, 6) is 0.667. The first-order valence-corrected chi connectivity index (χ1v) is 7.25. The number of thiocarbonyl (C=S) groups is 1. The van der Waals surface area contributed by atoms with Crippen LogP contribution in [-0.4, -0.2) is 30.2 Å². The maximum atomic E-state index is 12.3. The number of carbonyl (C=O) groups is 1. The van der Waals surface area contributed by atoms with Crippen molar-refractivity contribution in [3.63, 3.8) is 0 Å². The molecule has 1 aromatic heterocycles. The molecular weight excluding hydrogens is 314 g/mol. The van der Waals surface area contributed by atoms with Gasteiger partial charge in [0.15, 0.2) is 5.11 Å². The molecule has 0 aliphatic carbocycles. The molecule has 0 unspecified atom stereocenters. The lowest BCUT2D eigenvalue weighted by molar-refractivity contribution is 0.0973. The Bertz CT molecular complexity index is 692. The number of carbonyl (C=O) groups excluding carboxylic acids is 1. The Labute approximate surface area is 139 Å². The number of benzene rings is 1. The second-order valence-electron chi connectivity index (χ2n) is 4.56. The number of nitrogens with one attached hydrogen (secondary N) is 2. The number of aromatic nitrogens is 1. The summed E-state index contributed by atoms with van der Waals surface area (Å²) in [6.07, 6.45) is 3.42. The number of rotatable bonds is 5. The monoisotopic (exact) mass is 331 g/mol. The van der Waals surface area contributed by atoms with E-state index in [2.05, 4.69) is 15.6 Å². The van der Waals surface area contributed by atoms with E-state index in [1.54, 1.807) is 37.7 Å². The molecule has 6 nitrogen and oxygen atoms in total. The highest BCUT2D eigenvalue weighted by Crippen LogP contribution is 2.24. The average Bonchev–Trinajstić information content (AvgIpc) is 2.60. The normalized spacial score (nSPS) is 9.83. The van der Waals surface area contributed by atoms with E-state index in [9.17, 15) is 4.79 Å². The van der Waals surface area contributed by atoms with Crippen LogP contribution in [0.4, 0.5) is 0 Å². The van der Waals surface area contributed by atoms with Crippen molar-refractivity contribution in [1.29, 1.82) is 0 Å². The van der Waals surface area contributed by atoms with Gasteiger partial charge in [-0.2, -0.15) is 0 Å². The zero-order valence-electron chi connectivity index (χ0n) is 12.8. The van der Waals surface area contributed by atoms with Gasteiger partial charge >= 0.3 is 0 Å². The Morgan fingerprint density at radius 1 is 1.26 bits per heavy atom. The molecule has 0 saturated carbocycles. The van der Waals surface area contributed by atoms with Crippen molar-refractivity contribution in [1.82, 2.24) is 15.6 Å². The number of hydrogen-bond acceptors (Lipinski definition) is 5. The van der Waals surface area contributed by atoms with Crippen molar-refractivity contribution in [2.24, 2.45) is 0 Å². The summed E-state index contributed by atoms with van der Waals surface area (Å²) in [6, 6.07) is 8.69. The smallest absolute Gasteiger partial charge is 0.261 e. The lowest BCUT2D eigenvalue weighted by Crippen LogP contribution is -2.39. The molecule has 0 aliphatic rings. The number of pyridine rings is 1. The van der Waals surface area contributed by atoms with Gasteiger partial charge in [0.1, 0.15) is 11.5 Å². The molecule has 2 N–H and O–H groups in total. The van der Waals surface area contributed by atoms with Crippen molar-refractivity contribution >= 4 is 23.2 Å². The number of amides is 1. The molecule has 0 aliphatic heterocycles. The van der Waals surface area contributed by atoms with Crippen molar-refractivity contribution in [2.75, 3.05) is 14.2 Å². The van der Waals surface area contributed by atoms with Crippen molar-refractivity contribution in [3.05, 3.63) is 53.9 Å². The Morgan fingerprint density at radius 2 is 2.09 bits per heavy atom. The summed E-state index contributed by atoms with van der Waals surface area (Å²) in [7, 11) is 3.04. The SMILES string of the molecule is COc1ccc(C(=O)NC(=S)NCc2cccnc2)c(OC)c1. The molecule has 1 aromatic carbocycles. The summed E-state index contributed by atoms with van der Waals surface area (Å²) in [6.45, 7) is 0.479. The second-order valence-corrected chi connectivity index (χ2v) is 4.97. The standard InChI is InChI=1S/C16H17N3O3S/c1-21-12-5-6-13(14(8-12)22-2)15(20)19-16(23)18-10-11-4-3-7-17-9-11/h3-9H,10H2,1-2H3,(H2,18,19,20,23). The lowest BCUT2D eigenvalue weighted by atomic mass is 10.2. The number of nitrogens with zero attached hydrogens (tertiary/aromatic N) is 1. The third-order valence-corrected chi connectivity index (χ3v) is 3.30. The molecule has 0 fully saturated rings. The Kier molecular flexibility index (Phi) is 5.87. The predicted molar refractivity (Wildman–Crippen MR) is 90.7 cm³/mol. The Hall–Kier alpha value is -2.67. The largest absolute Gasteiger partial charge is 0.497 e. The lowest BCUT2D eigenvalue weighted by Gasteiger charge is -2.12. The quantitative estimate of drug-likeness (QED) is 0.816. The van der Waals surface area contributed by atoms with Crippen LogP contribution >= 0.6 is 12.2 Å². The van der Waals surface area contributed by atoms with E-state index in [1.807, 2.05) is 12.1 Å². The first-order valence-electron chi connectivity index (χ1n) is 6.84. The van der Waals surface area contributed by atoms with E-state index in [-0.39, 0.29) is 11.0 Å². The highest BCUT2D eigenvalue weighted by Gasteiger charge is 2.14. The van der Waals surface area contributed by atoms with Gasteiger partial charge in [-0.05, 0) is 36.0 Å². The topological polar surface area (TPSA) is 72.5 Å². The zero-order valence-corrected chi connectivity index (χ0v) is 13.6. The number of hydrogen-bond donors (Lipinski definition) is 2. The minimum Gasteiger partial charge on any atom is -0.497 e. The van der Waals surface area contributed by atoms with Crippen LogP contribution in [0.15, 0.2) is 42.7 Å². The highest BCUT2D eigenvalue weighted by molar-refractivity contribution is 7.80. The third-order valence-electron chi connectivity index (χ3n) is 3.06. The van der Waals surface area contributed by atoms with Crippen LogP contribution in [0.2, 0.25) is 0 Å². The first kappa shape index (κ1) is 16.7. The van der Waals surface area contributed by atoms with Gasteiger partial charge in [-0.3, -0.25) is 15.1 Å². The third kappa shape index (κ3) is 4.65. The summed E-state index contributed by atoms with van der Waals surface area (Å²) >= 11 is 5.13. The molecule has 0 atom stereocenters. The maximum absolute atomic E-state index is 12.3. The van der Waals surface area contributed by atoms with Gasteiger partial charge < -0.3 is 14.8 Å². The van der Waals surface area contributed by atoms with Crippen LogP contribution in [0.25, 0.3) is 0 Å². The van der Waals surface area contributed by atoms with Crippen molar-refractivity contribution < 1.29 is 14.3 Å². The molecule has 1 heterocycles. The van der Waals surface area contributed by atoms with Gasteiger partial charge in [-0.1, -0.05) is 6.07 Å². The second kappa shape index (κ2) is 8.09. The van der Waals surface area contributed by atoms with Crippen molar-refractivity contribution in [3.8, 4) is 11.5 Å². The fourth-order valence-corrected chi connectivity index (χ4v) is 2.05. The van der Waals surface area contributed by atoms with E-state index in [4.69, 9.17) is 21.7 Å². The zero-order chi connectivity index (χ0) is 16.7.